The number of hydrogen-bond acceptors (Lipinski definition) is 9. The van der Waals surface area contributed by atoms with E-state index in [-0.39, 0.29) is 57.8 Å². The van der Waals surface area contributed by atoms with Gasteiger partial charge in [-0.25, -0.2) is 9.97 Å². The highest BCUT2D eigenvalue weighted by Crippen LogP contribution is 2.31. The summed E-state index contributed by atoms with van der Waals surface area (Å²) >= 11 is 6.08. The topological polar surface area (TPSA) is 172 Å². The first-order valence-corrected chi connectivity index (χ1v) is 19.0. The Morgan fingerprint density at radius 2 is 1.13 bits per heavy atom. The summed E-state index contributed by atoms with van der Waals surface area (Å²) in [6.45, 7) is 5.05. The second-order valence-corrected chi connectivity index (χ2v) is 14.0. The van der Waals surface area contributed by atoms with Crippen LogP contribution in [0.15, 0.2) is 82.9 Å². The molecule has 0 aliphatic carbocycles. The molecule has 22 heteroatoms. The zero-order valence-electron chi connectivity index (χ0n) is 32.5. The molecule has 318 valence electrons. The van der Waals surface area contributed by atoms with Gasteiger partial charge in [-0.3, -0.25) is 28.1 Å². The molecule has 6 aromatic heterocycles. The number of methoxy groups -OCH3 is 1. The molecule has 0 bridgehead atoms. The number of rotatable bonds is 11. The number of alkyl halides is 6. The highest BCUT2D eigenvalue weighted by molar-refractivity contribution is 6.28. The van der Waals surface area contributed by atoms with Gasteiger partial charge in [0.1, 0.15) is 11.6 Å². The molecule has 0 saturated carbocycles. The van der Waals surface area contributed by atoms with E-state index in [2.05, 4.69) is 40.1 Å². The number of imidazole rings is 2. The fourth-order valence-electron chi connectivity index (χ4n) is 6.41. The lowest BCUT2D eigenvalue weighted by molar-refractivity contribution is -0.138. The number of ether oxygens (including phenoxy) is 1. The van der Waals surface area contributed by atoms with Crippen LogP contribution in [0.5, 0.6) is 6.01 Å². The highest BCUT2D eigenvalue weighted by atomic mass is 35.5. The largest absolute Gasteiger partial charge is 0.468 e. The smallest absolute Gasteiger partial charge is 0.416 e. The molecule has 6 heterocycles. The van der Waals surface area contributed by atoms with Crippen molar-refractivity contribution in [3.8, 4) is 28.8 Å². The molecule has 0 radical (unpaired) electrons. The van der Waals surface area contributed by atoms with Crippen molar-refractivity contribution in [3.05, 3.63) is 122 Å². The van der Waals surface area contributed by atoms with Gasteiger partial charge in [0.15, 0.2) is 22.3 Å². The molecule has 0 atom stereocenters. The van der Waals surface area contributed by atoms with E-state index in [0.717, 1.165) is 37.1 Å². The molecule has 0 fully saturated rings. The van der Waals surface area contributed by atoms with Crippen LogP contribution < -0.4 is 15.9 Å². The Labute approximate surface area is 345 Å². The van der Waals surface area contributed by atoms with Crippen molar-refractivity contribution in [2.45, 2.75) is 65.2 Å². The molecule has 0 aliphatic heterocycles. The molecule has 0 amide bonds. The Kier molecular flexibility index (Phi) is 11.9. The summed E-state index contributed by atoms with van der Waals surface area (Å²) in [4.78, 5) is 48.4. The van der Waals surface area contributed by atoms with Crippen LogP contribution in [-0.2, 0) is 38.5 Å². The molecule has 2 aromatic carbocycles. The molecule has 0 saturated heterocycles. The Bertz CT molecular complexity index is 2960. The molecule has 15 nitrogen and oxygen atoms in total. The fourth-order valence-corrected chi connectivity index (χ4v) is 6.65. The van der Waals surface area contributed by atoms with E-state index in [4.69, 9.17) is 16.3 Å². The minimum absolute atomic E-state index is 0.0626. The van der Waals surface area contributed by atoms with Gasteiger partial charge in [-0.2, -0.15) is 46.5 Å². The third kappa shape index (κ3) is 9.20. The summed E-state index contributed by atoms with van der Waals surface area (Å²) in [5, 5.41) is 8.45. The van der Waals surface area contributed by atoms with Crippen molar-refractivity contribution in [2.75, 3.05) is 7.11 Å². The lowest BCUT2D eigenvalue weighted by Crippen LogP contribution is -2.23. The van der Waals surface area contributed by atoms with Crippen LogP contribution in [0.25, 0.3) is 45.1 Å². The van der Waals surface area contributed by atoms with Crippen molar-refractivity contribution < 1.29 is 31.1 Å². The molecular weight excluding hydrogens is 834 g/mol. The summed E-state index contributed by atoms with van der Waals surface area (Å²) in [5.74, 6) is 0.751. The average molecular weight is 869 g/mol. The number of aromatic amines is 2. The number of fused-ring (bicyclic) bond motifs is 2. The lowest BCUT2D eigenvalue weighted by Gasteiger charge is -2.08. The minimum Gasteiger partial charge on any atom is -0.468 e. The summed E-state index contributed by atoms with van der Waals surface area (Å²) in [6, 6.07) is 10.3. The van der Waals surface area contributed by atoms with Crippen LogP contribution in [0.1, 0.15) is 48.9 Å². The number of aromatic nitrogens is 12. The lowest BCUT2D eigenvalue weighted by atomic mass is 10.1. The van der Waals surface area contributed by atoms with Gasteiger partial charge in [-0.1, -0.05) is 38.1 Å². The summed E-state index contributed by atoms with van der Waals surface area (Å²) < 4.78 is 88.4. The second kappa shape index (κ2) is 17.1. The zero-order chi connectivity index (χ0) is 43.6. The van der Waals surface area contributed by atoms with E-state index >= 15 is 0 Å². The van der Waals surface area contributed by atoms with Crippen LogP contribution in [0, 0.1) is 0 Å². The second-order valence-electron chi connectivity index (χ2n) is 13.7. The first-order chi connectivity index (χ1) is 29.1. The molecule has 61 heavy (non-hydrogen) atoms. The van der Waals surface area contributed by atoms with E-state index in [1.165, 1.54) is 50.1 Å². The van der Waals surface area contributed by atoms with Gasteiger partial charge < -0.3 is 14.7 Å². The van der Waals surface area contributed by atoms with Gasteiger partial charge in [-0.05, 0) is 59.8 Å². The highest BCUT2D eigenvalue weighted by Gasteiger charge is 2.31. The predicted molar refractivity (Wildman–Crippen MR) is 212 cm³/mol. The van der Waals surface area contributed by atoms with Crippen LogP contribution in [0.2, 0.25) is 5.28 Å². The summed E-state index contributed by atoms with van der Waals surface area (Å²) in [7, 11) is 1.44. The quantitative estimate of drug-likeness (QED) is 0.0982. The summed E-state index contributed by atoms with van der Waals surface area (Å²) in [6.07, 6.45) is -1.06. The molecule has 0 aliphatic rings. The molecule has 0 spiro atoms. The van der Waals surface area contributed by atoms with Gasteiger partial charge in [0, 0.05) is 25.5 Å². The van der Waals surface area contributed by atoms with Crippen LogP contribution in [0.4, 0.5) is 26.3 Å². The van der Waals surface area contributed by atoms with E-state index < -0.39 is 23.5 Å². The number of H-pyrrole nitrogens is 2. The van der Waals surface area contributed by atoms with Crippen LogP contribution in [0.3, 0.4) is 0 Å². The van der Waals surface area contributed by atoms with Gasteiger partial charge in [0.05, 0.1) is 54.8 Å². The van der Waals surface area contributed by atoms with Gasteiger partial charge >= 0.3 is 18.4 Å². The van der Waals surface area contributed by atoms with Gasteiger partial charge in [0.25, 0.3) is 11.1 Å². The number of nitrogens with zero attached hydrogens (tertiary/aromatic N) is 10. The molecular formula is C39H35ClF6N12O3. The average Bonchev–Trinajstić information content (AvgIpc) is 4.04. The molecule has 8 rings (SSSR count). The maximum absolute atomic E-state index is 12.9. The van der Waals surface area contributed by atoms with E-state index in [0.29, 0.717) is 47.0 Å². The van der Waals surface area contributed by atoms with E-state index in [9.17, 15) is 35.9 Å². The van der Waals surface area contributed by atoms with Crippen molar-refractivity contribution in [2.24, 2.45) is 0 Å². The summed E-state index contributed by atoms with van der Waals surface area (Å²) in [5.41, 5.74) is 0.914. The Balaban J connectivity index is 0.000000184. The first-order valence-electron chi connectivity index (χ1n) is 18.6. The number of halogens is 7. The number of hydrogen-bond donors (Lipinski definition) is 2. The molecule has 0 unspecified atom stereocenters. The Hall–Kier alpha value is -6.77. The Morgan fingerprint density at radius 1 is 0.672 bits per heavy atom. The van der Waals surface area contributed by atoms with Gasteiger partial charge in [-0.15, -0.1) is 0 Å². The standard InChI is InChI=1S/C20H19F3N6O2.C19H16ClF3N6O/c1-3-7-29-18(30)15-17(27-19(29)31-2)26-16(25-15)13-9-24-28(11-13)10-12-5-4-6-14(8-12)20(21,22)23;1-2-6-29-17(30)14-16(27-18(29)20)26-15(25-14)12-8-24-28(10-12)9-11-4-3-5-13(7-11)19(21,22)23/h4-6,8-9,11H,3,7,10H2,1-2H3,(H,25,26);3-5,7-8,10H,2,6,9H2,1H3,(H,25,26). The predicted octanol–water partition coefficient (Wildman–Crippen LogP) is 7.58. The third-order valence-electron chi connectivity index (χ3n) is 9.23. The zero-order valence-corrected chi connectivity index (χ0v) is 33.3. The monoisotopic (exact) mass is 868 g/mol. The molecule has 8 aromatic rings. The maximum atomic E-state index is 12.9. The van der Waals surface area contributed by atoms with Gasteiger partial charge in [0.2, 0.25) is 5.28 Å². The minimum atomic E-state index is -4.40. The Morgan fingerprint density at radius 3 is 1.59 bits per heavy atom. The maximum Gasteiger partial charge on any atom is 0.416 e. The van der Waals surface area contributed by atoms with Crippen molar-refractivity contribution in [1.29, 1.82) is 0 Å². The number of benzene rings is 2. The van der Waals surface area contributed by atoms with Crippen molar-refractivity contribution in [1.82, 2.24) is 58.6 Å². The van der Waals surface area contributed by atoms with Crippen molar-refractivity contribution in [3.63, 3.8) is 0 Å². The molecule has 2 N–H and O–H groups in total. The fraction of sp³-hybridized carbons (Fsp3) is 0.282. The third-order valence-corrected chi connectivity index (χ3v) is 9.52. The first kappa shape index (κ1) is 42.4. The van der Waals surface area contributed by atoms with Crippen molar-refractivity contribution >= 4 is 33.9 Å². The van der Waals surface area contributed by atoms with Crippen LogP contribution in [-0.4, -0.2) is 65.7 Å². The van der Waals surface area contributed by atoms with E-state index in [1.807, 2.05) is 13.8 Å². The van der Waals surface area contributed by atoms with E-state index in [1.54, 1.807) is 24.5 Å². The van der Waals surface area contributed by atoms with Crippen LogP contribution >= 0.6 is 11.6 Å². The normalized spacial score (nSPS) is 12.0. The number of nitrogens with one attached hydrogen (secondary N) is 2. The SMILES string of the molecule is CCCn1c(Cl)nc2nc(-c3cnn(Cc4cccc(C(F)(F)F)c4)c3)[nH]c2c1=O.CCCn1c(OC)nc2nc(-c3cnn(Cc4cccc(C(F)(F)F)c4)c3)[nH]c2c1=O.